The summed E-state index contributed by atoms with van der Waals surface area (Å²) in [6.45, 7) is 9.79. The monoisotopic (exact) mass is 523 g/mol. The summed E-state index contributed by atoms with van der Waals surface area (Å²) in [4.78, 5) is 31.5. The Bertz CT molecular complexity index is 1400. The van der Waals surface area contributed by atoms with Gasteiger partial charge in [-0.3, -0.25) is 4.79 Å². The van der Waals surface area contributed by atoms with Crippen molar-refractivity contribution < 1.29 is 4.79 Å². The summed E-state index contributed by atoms with van der Waals surface area (Å²) in [5.41, 5.74) is 7.28. The van der Waals surface area contributed by atoms with Crippen molar-refractivity contribution in [3.05, 3.63) is 82.3 Å². The van der Waals surface area contributed by atoms with E-state index in [-0.39, 0.29) is 11.3 Å². The summed E-state index contributed by atoms with van der Waals surface area (Å²) in [5.74, 6) is 1.69. The molecule has 39 heavy (non-hydrogen) atoms. The molecular formula is C31H37N7O. The second kappa shape index (κ2) is 10.4. The largest absolute Gasteiger partial charge is 0.354 e. The summed E-state index contributed by atoms with van der Waals surface area (Å²) in [6.07, 6.45) is 9.14. The average Bonchev–Trinajstić information content (AvgIpc) is 3.17. The second-order valence-corrected chi connectivity index (χ2v) is 11.6. The predicted molar refractivity (Wildman–Crippen MR) is 155 cm³/mol. The first-order valence-electron chi connectivity index (χ1n) is 14.0. The van der Waals surface area contributed by atoms with Crippen LogP contribution in [-0.4, -0.2) is 65.5 Å². The summed E-state index contributed by atoms with van der Waals surface area (Å²) >= 11 is 0. The Morgan fingerprint density at radius 2 is 1.87 bits per heavy atom. The highest BCUT2D eigenvalue weighted by atomic mass is 16.1. The number of likely N-dealkylation sites (N-methyl/N-ethyl adjacent to an activating group) is 1. The van der Waals surface area contributed by atoms with E-state index in [1.807, 2.05) is 18.5 Å². The summed E-state index contributed by atoms with van der Waals surface area (Å²) in [5, 5.41) is 6.42. The molecule has 0 spiro atoms. The Labute approximate surface area is 230 Å². The van der Waals surface area contributed by atoms with Crippen molar-refractivity contribution in [2.75, 3.05) is 50.0 Å². The maximum Gasteiger partial charge on any atom is 0.251 e. The minimum atomic E-state index is -0.116. The molecule has 0 unspecified atom stereocenters. The molecule has 202 valence electrons. The van der Waals surface area contributed by atoms with Crippen molar-refractivity contribution in [2.24, 2.45) is 0 Å². The molecule has 4 heterocycles. The predicted octanol–water partition coefficient (Wildman–Crippen LogP) is 4.02. The van der Waals surface area contributed by atoms with Gasteiger partial charge in [0.15, 0.2) is 0 Å². The number of hydrogen-bond acceptors (Lipinski definition) is 7. The van der Waals surface area contributed by atoms with Gasteiger partial charge in [0.05, 0.1) is 5.69 Å². The van der Waals surface area contributed by atoms with E-state index in [1.54, 1.807) is 0 Å². The van der Waals surface area contributed by atoms with Gasteiger partial charge in [-0.25, -0.2) is 15.0 Å². The Balaban J connectivity index is 1.18. The lowest BCUT2D eigenvalue weighted by atomic mass is 9.77. The van der Waals surface area contributed by atoms with E-state index in [2.05, 4.69) is 71.7 Å². The van der Waals surface area contributed by atoms with Crippen molar-refractivity contribution in [2.45, 2.75) is 45.1 Å². The van der Waals surface area contributed by atoms with Crippen LogP contribution < -0.4 is 15.5 Å². The van der Waals surface area contributed by atoms with Crippen LogP contribution in [0.15, 0.2) is 48.8 Å². The number of aromatic nitrogens is 3. The molecule has 1 saturated heterocycles. The zero-order valence-corrected chi connectivity index (χ0v) is 23.1. The number of fused-ring (bicyclic) bond motifs is 2. The Hall–Kier alpha value is -3.78. The van der Waals surface area contributed by atoms with E-state index in [9.17, 15) is 4.79 Å². The minimum absolute atomic E-state index is 0.00865. The lowest BCUT2D eigenvalue weighted by Crippen LogP contribution is -2.44. The summed E-state index contributed by atoms with van der Waals surface area (Å²) < 4.78 is 0. The summed E-state index contributed by atoms with van der Waals surface area (Å²) in [6, 6.07) is 10.5. The number of hydrogen-bond donors (Lipinski definition) is 2. The molecule has 0 bridgehead atoms. The Morgan fingerprint density at radius 1 is 1.03 bits per heavy atom. The molecule has 3 aromatic rings. The van der Waals surface area contributed by atoms with Crippen molar-refractivity contribution >= 4 is 23.2 Å². The van der Waals surface area contributed by atoms with E-state index in [1.165, 1.54) is 0 Å². The van der Waals surface area contributed by atoms with Gasteiger partial charge in [-0.1, -0.05) is 32.1 Å². The number of piperazine rings is 1. The highest BCUT2D eigenvalue weighted by Crippen LogP contribution is 2.35. The van der Waals surface area contributed by atoms with Crippen LogP contribution in [0.2, 0.25) is 0 Å². The number of nitrogens with one attached hydrogen (secondary N) is 2. The summed E-state index contributed by atoms with van der Waals surface area (Å²) in [7, 11) is 2.16. The zero-order valence-electron chi connectivity index (χ0n) is 23.1. The molecule has 0 radical (unpaired) electrons. The van der Waals surface area contributed by atoms with Crippen LogP contribution in [0.5, 0.6) is 0 Å². The van der Waals surface area contributed by atoms with Gasteiger partial charge in [-0.2, -0.15) is 0 Å². The van der Waals surface area contributed by atoms with E-state index in [4.69, 9.17) is 15.0 Å². The molecule has 1 amide bonds. The van der Waals surface area contributed by atoms with Gasteiger partial charge in [0.25, 0.3) is 5.91 Å². The highest BCUT2D eigenvalue weighted by molar-refractivity contribution is 5.98. The molecule has 8 nitrogen and oxygen atoms in total. The Kier molecular flexibility index (Phi) is 6.81. The Morgan fingerprint density at radius 3 is 2.67 bits per heavy atom. The number of aryl methyl sites for hydroxylation is 1. The fourth-order valence-corrected chi connectivity index (χ4v) is 5.70. The first-order valence-corrected chi connectivity index (χ1v) is 14.0. The average molecular weight is 524 g/mol. The molecule has 8 heteroatoms. The number of rotatable bonds is 5. The van der Waals surface area contributed by atoms with Crippen LogP contribution in [0, 0.1) is 0 Å². The third-order valence-electron chi connectivity index (χ3n) is 8.21. The van der Waals surface area contributed by atoms with E-state index in [0.717, 1.165) is 90.3 Å². The molecule has 6 rings (SSSR count). The first-order chi connectivity index (χ1) is 18.9. The molecule has 1 aromatic carbocycles. The number of carbonyl (C=O) groups excluding carboxylic acids is 1. The number of amides is 1. The lowest BCUT2D eigenvalue weighted by Gasteiger charge is -2.33. The van der Waals surface area contributed by atoms with Crippen LogP contribution in [-0.2, 0) is 18.4 Å². The minimum Gasteiger partial charge on any atom is -0.354 e. The van der Waals surface area contributed by atoms with Gasteiger partial charge >= 0.3 is 0 Å². The number of allylic oxidation sites excluding steroid dienone is 1. The van der Waals surface area contributed by atoms with Crippen molar-refractivity contribution in [3.8, 4) is 0 Å². The smallest absolute Gasteiger partial charge is 0.251 e. The van der Waals surface area contributed by atoms with Gasteiger partial charge in [0.2, 0.25) is 5.95 Å². The molecule has 3 aliphatic rings. The maximum absolute atomic E-state index is 12.5. The van der Waals surface area contributed by atoms with Gasteiger partial charge in [-0.05, 0) is 66.8 Å². The van der Waals surface area contributed by atoms with Gasteiger partial charge in [0, 0.05) is 68.2 Å². The van der Waals surface area contributed by atoms with Crippen LogP contribution in [0.25, 0.3) is 5.57 Å². The van der Waals surface area contributed by atoms with Crippen molar-refractivity contribution in [1.82, 2.24) is 25.2 Å². The number of anilines is 2. The van der Waals surface area contributed by atoms with Crippen LogP contribution in [0.1, 0.15) is 65.0 Å². The second-order valence-electron chi connectivity index (χ2n) is 11.6. The highest BCUT2D eigenvalue weighted by Gasteiger charge is 2.32. The van der Waals surface area contributed by atoms with Crippen molar-refractivity contribution in [1.29, 1.82) is 0 Å². The number of benzene rings is 1. The van der Waals surface area contributed by atoms with E-state index < -0.39 is 0 Å². The third-order valence-corrected chi connectivity index (χ3v) is 8.21. The first kappa shape index (κ1) is 25.5. The SMILES string of the molecule is CN1CCN(c2ccc(CNc3ncc4c(n3)CCCC=C4c3ccc4c(c3)C(C)(C)CNC4=O)cn2)CC1. The molecule has 2 aromatic heterocycles. The number of carbonyl (C=O) groups is 1. The van der Waals surface area contributed by atoms with E-state index >= 15 is 0 Å². The zero-order chi connectivity index (χ0) is 27.0. The fourth-order valence-electron chi connectivity index (χ4n) is 5.70. The topological polar surface area (TPSA) is 86.3 Å². The molecule has 0 atom stereocenters. The van der Waals surface area contributed by atoms with Crippen LogP contribution in [0.4, 0.5) is 11.8 Å². The number of pyridine rings is 1. The van der Waals surface area contributed by atoms with Gasteiger partial charge in [-0.15, -0.1) is 0 Å². The molecule has 2 aliphatic heterocycles. The van der Waals surface area contributed by atoms with Crippen LogP contribution in [0.3, 0.4) is 0 Å². The van der Waals surface area contributed by atoms with Gasteiger partial charge in [0.1, 0.15) is 5.82 Å². The van der Waals surface area contributed by atoms with Gasteiger partial charge < -0.3 is 20.4 Å². The van der Waals surface area contributed by atoms with Crippen LogP contribution >= 0.6 is 0 Å². The number of nitrogens with zero attached hydrogens (tertiary/aromatic N) is 5. The standard InChI is InChI=1S/C31H37N7O/c1-31(2)20-35-29(39)24-10-9-22(16-26(24)31)23-6-4-5-7-27-25(23)19-34-30(36-27)33-18-21-8-11-28(32-17-21)38-14-12-37(3)13-15-38/h6,8-11,16-17,19H,4-5,7,12-15,18,20H2,1-3H3,(H,35,39)(H,33,34,36). The molecule has 2 N–H and O–H groups in total. The molecule has 1 fully saturated rings. The quantitative estimate of drug-likeness (QED) is 0.522. The third kappa shape index (κ3) is 5.26. The maximum atomic E-state index is 12.5. The van der Waals surface area contributed by atoms with Crippen molar-refractivity contribution in [3.63, 3.8) is 0 Å². The molecule has 0 saturated carbocycles. The van der Waals surface area contributed by atoms with E-state index in [0.29, 0.717) is 19.0 Å². The lowest BCUT2D eigenvalue weighted by molar-refractivity contribution is 0.0930. The molecule has 1 aliphatic carbocycles. The molecular weight excluding hydrogens is 486 g/mol. The normalized spacial score (nSPS) is 18.9. The fraction of sp³-hybridized carbons (Fsp3) is 0.419.